The van der Waals surface area contributed by atoms with Crippen LogP contribution in [0.15, 0.2) is 91.0 Å². The first-order valence-corrected chi connectivity index (χ1v) is 12.7. The molecule has 1 aliphatic heterocycles. The van der Waals surface area contributed by atoms with Crippen LogP contribution >= 0.6 is 11.6 Å². The number of hydrogen-bond donors (Lipinski definition) is 2. The van der Waals surface area contributed by atoms with E-state index in [9.17, 15) is 14.7 Å². The molecule has 0 saturated heterocycles. The average molecular weight is 528 g/mol. The van der Waals surface area contributed by atoms with Gasteiger partial charge in [0.2, 0.25) is 0 Å². The Kier molecular flexibility index (Phi) is 7.33. The molecular weight excluding hydrogens is 502 g/mol. The molecule has 4 aromatic rings. The number of halogens is 1. The third-order valence-electron chi connectivity index (χ3n) is 6.61. The molecule has 4 aromatic carbocycles. The summed E-state index contributed by atoms with van der Waals surface area (Å²) >= 11 is 6.39. The Balaban J connectivity index is 1.23. The minimum Gasteiger partial charge on any atom is -0.493 e. The summed E-state index contributed by atoms with van der Waals surface area (Å²) in [4.78, 5) is 24.4. The van der Waals surface area contributed by atoms with Crippen LogP contribution in [-0.2, 0) is 4.79 Å². The number of carboxylic acids is 1. The molecule has 0 aromatic heterocycles. The van der Waals surface area contributed by atoms with Crippen LogP contribution in [0.2, 0.25) is 5.02 Å². The third-order valence-corrected chi connectivity index (χ3v) is 6.91. The normalized spacial score (nSPS) is 15.1. The standard InChI is InChI=1S/C31H26ClNO5/c1-19(20-7-9-22(10-8-20)21-5-3-2-4-6-21)33-30(34)23-11-13-24(14-12-23)38-29-18-28-26(17-27(29)32)25(31(35)36)15-16-37-28/h2-14,17-19,25H,15-16H2,1H3,(H,33,34)(H,35,36). The van der Waals surface area contributed by atoms with E-state index in [0.717, 1.165) is 16.7 Å². The molecule has 192 valence electrons. The SMILES string of the molecule is CC(NC(=O)c1ccc(Oc2cc3c(cc2Cl)C(C(=O)O)CCO3)cc1)c1ccc(-c2ccccc2)cc1. The molecule has 1 aliphatic rings. The van der Waals surface area contributed by atoms with Crippen molar-refractivity contribution in [3.05, 3.63) is 113 Å². The molecule has 6 nitrogen and oxygen atoms in total. The number of hydrogen-bond acceptors (Lipinski definition) is 4. The summed E-state index contributed by atoms with van der Waals surface area (Å²) in [6.45, 7) is 2.26. The van der Waals surface area contributed by atoms with E-state index >= 15 is 0 Å². The summed E-state index contributed by atoms with van der Waals surface area (Å²) in [5.41, 5.74) is 4.31. The Hall–Kier alpha value is -4.29. The van der Waals surface area contributed by atoms with Gasteiger partial charge in [-0.25, -0.2) is 0 Å². The average Bonchev–Trinajstić information content (AvgIpc) is 2.94. The summed E-state index contributed by atoms with van der Waals surface area (Å²) in [5.74, 6) is -0.486. The van der Waals surface area contributed by atoms with Crippen LogP contribution in [-0.4, -0.2) is 23.6 Å². The molecule has 0 spiro atoms. The fourth-order valence-electron chi connectivity index (χ4n) is 4.48. The van der Waals surface area contributed by atoms with E-state index in [0.29, 0.717) is 41.4 Å². The Morgan fingerprint density at radius 3 is 2.34 bits per heavy atom. The first-order valence-electron chi connectivity index (χ1n) is 12.3. The Bertz CT molecular complexity index is 1450. The lowest BCUT2D eigenvalue weighted by Crippen LogP contribution is -2.26. The molecule has 2 N–H and O–H groups in total. The van der Waals surface area contributed by atoms with Crippen molar-refractivity contribution in [2.24, 2.45) is 0 Å². The monoisotopic (exact) mass is 527 g/mol. The molecular formula is C31H26ClNO5. The van der Waals surface area contributed by atoms with E-state index in [-0.39, 0.29) is 17.0 Å². The van der Waals surface area contributed by atoms with Gasteiger partial charge in [0.15, 0.2) is 0 Å². The number of carbonyl (C=O) groups is 2. The van der Waals surface area contributed by atoms with Gasteiger partial charge in [-0.15, -0.1) is 0 Å². The molecule has 0 fully saturated rings. The van der Waals surface area contributed by atoms with Gasteiger partial charge in [0.1, 0.15) is 17.2 Å². The van der Waals surface area contributed by atoms with Crippen LogP contribution in [0, 0.1) is 0 Å². The van der Waals surface area contributed by atoms with Crippen molar-refractivity contribution in [3.63, 3.8) is 0 Å². The number of rotatable bonds is 7. The van der Waals surface area contributed by atoms with Gasteiger partial charge in [-0.2, -0.15) is 0 Å². The molecule has 2 atom stereocenters. The zero-order chi connectivity index (χ0) is 26.6. The maximum atomic E-state index is 12.8. The largest absolute Gasteiger partial charge is 0.493 e. The molecule has 0 aliphatic carbocycles. The molecule has 1 amide bonds. The van der Waals surface area contributed by atoms with E-state index in [1.165, 1.54) is 0 Å². The Morgan fingerprint density at radius 2 is 1.66 bits per heavy atom. The number of amides is 1. The molecule has 7 heteroatoms. The summed E-state index contributed by atoms with van der Waals surface area (Å²) in [5, 5.41) is 12.8. The predicted octanol–water partition coefficient (Wildman–Crippen LogP) is 7.24. The molecule has 1 heterocycles. The van der Waals surface area contributed by atoms with Crippen LogP contribution in [0.4, 0.5) is 0 Å². The predicted molar refractivity (Wildman–Crippen MR) is 146 cm³/mol. The summed E-state index contributed by atoms with van der Waals surface area (Å²) in [6.07, 6.45) is 0.389. The second-order valence-corrected chi connectivity index (χ2v) is 9.57. The molecule has 0 bridgehead atoms. The smallest absolute Gasteiger partial charge is 0.311 e. The Morgan fingerprint density at radius 1 is 0.974 bits per heavy atom. The van der Waals surface area contributed by atoms with Crippen molar-refractivity contribution in [1.82, 2.24) is 5.32 Å². The van der Waals surface area contributed by atoms with Gasteiger partial charge in [-0.05, 0) is 60.4 Å². The number of aliphatic carboxylic acids is 1. The summed E-state index contributed by atoms with van der Waals surface area (Å²) < 4.78 is 11.5. The van der Waals surface area contributed by atoms with Crippen molar-refractivity contribution in [2.75, 3.05) is 6.61 Å². The maximum Gasteiger partial charge on any atom is 0.311 e. The zero-order valence-corrected chi connectivity index (χ0v) is 21.4. The van der Waals surface area contributed by atoms with Crippen molar-refractivity contribution in [2.45, 2.75) is 25.3 Å². The Labute approximate surface area is 225 Å². The first-order chi connectivity index (χ1) is 18.4. The maximum absolute atomic E-state index is 12.8. The second-order valence-electron chi connectivity index (χ2n) is 9.16. The molecule has 0 radical (unpaired) electrons. The van der Waals surface area contributed by atoms with E-state index in [4.69, 9.17) is 21.1 Å². The minimum absolute atomic E-state index is 0.174. The molecule has 5 rings (SSSR count). The van der Waals surface area contributed by atoms with Crippen molar-refractivity contribution < 1.29 is 24.2 Å². The molecule has 38 heavy (non-hydrogen) atoms. The van der Waals surface area contributed by atoms with Crippen LogP contribution in [0.5, 0.6) is 17.2 Å². The third kappa shape index (κ3) is 5.50. The fourth-order valence-corrected chi connectivity index (χ4v) is 4.69. The molecule has 2 unspecified atom stereocenters. The minimum atomic E-state index is -0.910. The van der Waals surface area contributed by atoms with E-state index in [2.05, 4.69) is 29.6 Å². The fraction of sp³-hybridized carbons (Fsp3) is 0.161. The first kappa shape index (κ1) is 25.4. The van der Waals surface area contributed by atoms with Crippen LogP contribution < -0.4 is 14.8 Å². The second kappa shape index (κ2) is 11.0. The summed E-state index contributed by atoms with van der Waals surface area (Å²) in [6, 6.07) is 28.0. The van der Waals surface area contributed by atoms with Crippen molar-refractivity contribution in [1.29, 1.82) is 0 Å². The van der Waals surface area contributed by atoms with Gasteiger partial charge in [-0.3, -0.25) is 9.59 Å². The number of ether oxygens (including phenoxy) is 2. The number of benzene rings is 4. The van der Waals surface area contributed by atoms with Gasteiger partial charge < -0.3 is 19.9 Å². The topological polar surface area (TPSA) is 84.9 Å². The van der Waals surface area contributed by atoms with Gasteiger partial charge in [-0.1, -0.05) is 66.2 Å². The highest BCUT2D eigenvalue weighted by molar-refractivity contribution is 6.32. The highest BCUT2D eigenvalue weighted by atomic mass is 35.5. The van der Waals surface area contributed by atoms with Crippen LogP contribution in [0.3, 0.4) is 0 Å². The van der Waals surface area contributed by atoms with Crippen LogP contribution in [0.1, 0.15) is 46.8 Å². The van der Waals surface area contributed by atoms with Gasteiger partial charge in [0, 0.05) is 17.2 Å². The van der Waals surface area contributed by atoms with E-state index < -0.39 is 11.9 Å². The number of carbonyl (C=O) groups excluding carboxylic acids is 1. The lowest BCUT2D eigenvalue weighted by atomic mass is 9.93. The van der Waals surface area contributed by atoms with E-state index in [1.807, 2.05) is 37.3 Å². The van der Waals surface area contributed by atoms with Gasteiger partial charge in [0.05, 0.1) is 23.6 Å². The van der Waals surface area contributed by atoms with Crippen molar-refractivity contribution >= 4 is 23.5 Å². The highest BCUT2D eigenvalue weighted by Gasteiger charge is 2.29. The highest BCUT2D eigenvalue weighted by Crippen LogP contribution is 2.41. The molecule has 0 saturated carbocycles. The van der Waals surface area contributed by atoms with E-state index in [1.54, 1.807) is 36.4 Å². The number of carboxylic acid groups (broad SMARTS) is 1. The summed E-state index contributed by atoms with van der Waals surface area (Å²) in [7, 11) is 0. The number of fused-ring (bicyclic) bond motifs is 1. The number of nitrogens with one attached hydrogen (secondary N) is 1. The van der Waals surface area contributed by atoms with Gasteiger partial charge >= 0.3 is 5.97 Å². The lowest BCUT2D eigenvalue weighted by molar-refractivity contribution is -0.139. The van der Waals surface area contributed by atoms with Crippen LogP contribution in [0.25, 0.3) is 11.1 Å². The lowest BCUT2D eigenvalue weighted by Gasteiger charge is -2.24. The zero-order valence-electron chi connectivity index (χ0n) is 20.7. The quantitative estimate of drug-likeness (QED) is 0.264. The van der Waals surface area contributed by atoms with Crippen molar-refractivity contribution in [3.8, 4) is 28.4 Å². The van der Waals surface area contributed by atoms with Gasteiger partial charge in [0.25, 0.3) is 5.91 Å².